The Kier molecular flexibility index (Phi) is 6.11. The van der Waals surface area contributed by atoms with Crippen molar-refractivity contribution in [2.75, 3.05) is 16.8 Å². The summed E-state index contributed by atoms with van der Waals surface area (Å²) < 4.78 is 0. The van der Waals surface area contributed by atoms with Gasteiger partial charge in [-0.1, -0.05) is 60.7 Å². The predicted molar refractivity (Wildman–Crippen MR) is 113 cm³/mol. The number of benzene rings is 2. The van der Waals surface area contributed by atoms with E-state index in [-0.39, 0.29) is 18.1 Å². The number of nitrogens with one attached hydrogen (secondary N) is 2. The number of carboxylic acid groups (broad SMARTS) is 1. The van der Waals surface area contributed by atoms with Gasteiger partial charge < -0.3 is 15.4 Å². The molecule has 0 spiro atoms. The van der Waals surface area contributed by atoms with Gasteiger partial charge in [-0.2, -0.15) is 0 Å². The highest BCUT2D eigenvalue weighted by Gasteiger charge is 2.26. The lowest BCUT2D eigenvalue weighted by atomic mass is 9.98. The number of nitro groups is 1. The Morgan fingerprint density at radius 1 is 1.13 bits per heavy atom. The van der Waals surface area contributed by atoms with Crippen LogP contribution in [0.2, 0.25) is 0 Å². The maximum Gasteiger partial charge on any atom is 0.412 e. The Bertz CT molecular complexity index is 1060. The van der Waals surface area contributed by atoms with Crippen LogP contribution in [-0.4, -0.2) is 27.7 Å². The first-order valence-electron chi connectivity index (χ1n) is 9.21. The Morgan fingerprint density at radius 3 is 2.10 bits per heavy atom. The molecule has 0 aliphatic heterocycles. The van der Waals surface area contributed by atoms with Crippen molar-refractivity contribution in [2.45, 2.75) is 13.0 Å². The number of hydrogen-bond acceptors (Lipinski definition) is 5. The van der Waals surface area contributed by atoms with E-state index >= 15 is 0 Å². The summed E-state index contributed by atoms with van der Waals surface area (Å²) in [5.41, 5.74) is -0.0939. The minimum absolute atomic E-state index is 0.0528. The topological polar surface area (TPSA) is 129 Å². The van der Waals surface area contributed by atoms with Gasteiger partial charge in [-0.25, -0.2) is 4.79 Å². The quantitative estimate of drug-likeness (QED) is 0.400. The summed E-state index contributed by atoms with van der Waals surface area (Å²) in [5, 5.41) is 24.1. The van der Waals surface area contributed by atoms with Crippen LogP contribution >= 0.6 is 0 Å². The summed E-state index contributed by atoms with van der Waals surface area (Å²) in [7, 11) is 0. The summed E-state index contributed by atoms with van der Waals surface area (Å²) in [6.45, 7) is 1.65. The van der Waals surface area contributed by atoms with Gasteiger partial charge in [-0.05, 0) is 18.1 Å². The molecule has 1 amide bonds. The third kappa shape index (κ3) is 4.30. The van der Waals surface area contributed by atoms with E-state index in [0.29, 0.717) is 0 Å². The summed E-state index contributed by atoms with van der Waals surface area (Å²) >= 11 is 0. The van der Waals surface area contributed by atoms with E-state index in [1.54, 1.807) is 6.92 Å². The van der Waals surface area contributed by atoms with Crippen molar-refractivity contribution < 1.29 is 14.8 Å². The molecule has 1 aromatic heterocycles. The van der Waals surface area contributed by atoms with Crippen molar-refractivity contribution in [3.8, 4) is 0 Å². The molecule has 0 saturated heterocycles. The number of aromatic amines is 1. The van der Waals surface area contributed by atoms with Crippen LogP contribution in [0.15, 0.2) is 71.5 Å². The van der Waals surface area contributed by atoms with Crippen LogP contribution in [0, 0.1) is 10.1 Å². The summed E-state index contributed by atoms with van der Waals surface area (Å²) in [6, 6.07) is 19.3. The number of carbonyl (C=O) groups is 1. The van der Waals surface area contributed by atoms with Crippen LogP contribution in [-0.2, 0) is 0 Å². The second-order valence-electron chi connectivity index (χ2n) is 6.43. The van der Waals surface area contributed by atoms with Crippen LogP contribution in [0.25, 0.3) is 0 Å². The van der Waals surface area contributed by atoms with Gasteiger partial charge in [0.05, 0.1) is 11.0 Å². The number of anilines is 2. The monoisotopic (exact) mass is 408 g/mol. The zero-order chi connectivity index (χ0) is 21.7. The van der Waals surface area contributed by atoms with Crippen LogP contribution in [0.1, 0.15) is 24.1 Å². The van der Waals surface area contributed by atoms with Crippen LogP contribution < -0.4 is 15.8 Å². The standard InChI is InChI=1S/C21H20N4O5/c1-2-24(21(27)28)17-13-16(19(25(29)30)20(26)23-17)22-18(14-9-5-3-6-10-14)15-11-7-4-8-12-15/h3-13,18H,2H2,1H3,(H,27,28)(H2,22,23,26). The first-order valence-corrected chi connectivity index (χ1v) is 9.21. The van der Waals surface area contributed by atoms with Gasteiger partial charge >= 0.3 is 17.3 Å². The van der Waals surface area contributed by atoms with E-state index < -0.39 is 28.3 Å². The maximum atomic E-state index is 12.4. The predicted octanol–water partition coefficient (Wildman–Crippen LogP) is 3.99. The first-order chi connectivity index (χ1) is 14.4. The first kappa shape index (κ1) is 20.6. The SMILES string of the molecule is CCN(C(=O)O)c1cc(NC(c2ccccc2)c2ccccc2)c([N+](=O)[O-])c(=O)[nH]1. The molecule has 9 heteroatoms. The lowest BCUT2D eigenvalue weighted by molar-refractivity contribution is -0.385. The van der Waals surface area contributed by atoms with Crippen molar-refractivity contribution in [1.29, 1.82) is 0 Å². The van der Waals surface area contributed by atoms with Gasteiger partial charge in [0.15, 0.2) is 0 Å². The Hall–Kier alpha value is -4.14. The van der Waals surface area contributed by atoms with E-state index in [4.69, 9.17) is 0 Å². The highest BCUT2D eigenvalue weighted by molar-refractivity contribution is 5.86. The molecule has 2 aromatic carbocycles. The summed E-state index contributed by atoms with van der Waals surface area (Å²) in [4.78, 5) is 37.9. The fourth-order valence-electron chi connectivity index (χ4n) is 3.19. The van der Waals surface area contributed by atoms with Gasteiger partial charge in [0.25, 0.3) is 0 Å². The number of amides is 1. The zero-order valence-corrected chi connectivity index (χ0v) is 16.1. The van der Waals surface area contributed by atoms with Crippen LogP contribution in [0.5, 0.6) is 0 Å². The number of pyridine rings is 1. The second kappa shape index (κ2) is 8.91. The van der Waals surface area contributed by atoms with Crippen LogP contribution in [0.4, 0.5) is 22.0 Å². The third-order valence-electron chi connectivity index (χ3n) is 4.58. The fourth-order valence-corrected chi connectivity index (χ4v) is 3.19. The van der Waals surface area contributed by atoms with Crippen LogP contribution in [0.3, 0.4) is 0 Å². The van der Waals surface area contributed by atoms with Gasteiger partial charge in [0, 0.05) is 12.6 Å². The second-order valence-corrected chi connectivity index (χ2v) is 6.43. The van der Waals surface area contributed by atoms with Gasteiger partial charge in [0.1, 0.15) is 11.5 Å². The molecule has 0 unspecified atom stereocenters. The molecule has 0 aliphatic carbocycles. The molecular weight excluding hydrogens is 388 g/mol. The van der Waals surface area contributed by atoms with Gasteiger partial charge in [0.2, 0.25) is 0 Å². The average molecular weight is 408 g/mol. The van der Waals surface area contributed by atoms with E-state index in [2.05, 4.69) is 10.3 Å². The van der Waals surface area contributed by atoms with Crippen molar-refractivity contribution in [3.63, 3.8) is 0 Å². The molecule has 154 valence electrons. The number of H-pyrrole nitrogens is 1. The molecule has 0 radical (unpaired) electrons. The molecule has 0 fully saturated rings. The lowest BCUT2D eigenvalue weighted by Crippen LogP contribution is -2.31. The molecule has 1 heterocycles. The van der Waals surface area contributed by atoms with E-state index in [0.717, 1.165) is 16.0 Å². The molecule has 3 N–H and O–H groups in total. The molecule has 0 saturated carbocycles. The van der Waals surface area contributed by atoms with E-state index in [1.165, 1.54) is 6.07 Å². The third-order valence-corrected chi connectivity index (χ3v) is 4.58. The number of rotatable bonds is 7. The largest absolute Gasteiger partial charge is 0.465 e. The lowest BCUT2D eigenvalue weighted by Gasteiger charge is -2.22. The number of hydrogen-bond donors (Lipinski definition) is 3. The van der Waals surface area contributed by atoms with Crippen molar-refractivity contribution in [3.05, 3.63) is 98.3 Å². The molecule has 3 rings (SSSR count). The summed E-state index contributed by atoms with van der Waals surface area (Å²) in [6.07, 6.45) is -1.28. The molecule has 0 aliphatic rings. The molecule has 0 bridgehead atoms. The van der Waals surface area contributed by atoms with Crippen molar-refractivity contribution in [1.82, 2.24) is 4.98 Å². The zero-order valence-electron chi connectivity index (χ0n) is 16.1. The van der Waals surface area contributed by atoms with Gasteiger partial charge in [-0.3, -0.25) is 19.8 Å². The maximum absolute atomic E-state index is 12.4. The molecule has 0 atom stereocenters. The fraction of sp³-hybridized carbons (Fsp3) is 0.143. The Labute approximate surface area is 171 Å². The highest BCUT2D eigenvalue weighted by atomic mass is 16.6. The summed E-state index contributed by atoms with van der Waals surface area (Å²) in [5.74, 6) is -0.0528. The number of nitrogens with zero attached hydrogens (tertiary/aromatic N) is 2. The molecule has 3 aromatic rings. The van der Waals surface area contributed by atoms with Crippen molar-refractivity contribution in [2.24, 2.45) is 0 Å². The molecule has 9 nitrogen and oxygen atoms in total. The minimum atomic E-state index is -1.28. The van der Waals surface area contributed by atoms with Crippen molar-refractivity contribution >= 4 is 23.3 Å². The highest BCUT2D eigenvalue weighted by Crippen LogP contribution is 2.31. The molecule has 30 heavy (non-hydrogen) atoms. The normalized spacial score (nSPS) is 10.6. The Morgan fingerprint density at radius 2 is 1.67 bits per heavy atom. The number of aromatic nitrogens is 1. The Balaban J connectivity index is 2.16. The van der Waals surface area contributed by atoms with E-state index in [1.807, 2.05) is 60.7 Å². The average Bonchev–Trinajstić information content (AvgIpc) is 2.73. The smallest absolute Gasteiger partial charge is 0.412 e. The minimum Gasteiger partial charge on any atom is -0.465 e. The van der Waals surface area contributed by atoms with E-state index in [9.17, 15) is 24.8 Å². The molecular formula is C21H20N4O5. The van der Waals surface area contributed by atoms with Gasteiger partial charge in [-0.15, -0.1) is 0 Å².